The first-order valence-electron chi connectivity index (χ1n) is 12.6. The van der Waals surface area contributed by atoms with E-state index in [0.717, 1.165) is 10.8 Å². The van der Waals surface area contributed by atoms with E-state index in [1.165, 1.54) is 32.4 Å². The Hall–Kier alpha value is -4.70. The number of benzene rings is 3. The lowest BCUT2D eigenvalue weighted by Crippen LogP contribution is -2.40. The molecule has 1 heterocycles. The number of nitro benzene ring substituents is 1. The Balaban J connectivity index is 1.71. The van der Waals surface area contributed by atoms with Crippen LogP contribution in [-0.2, 0) is 19.1 Å². The number of aliphatic hydroxyl groups excluding tert-OH is 1. The van der Waals surface area contributed by atoms with Crippen molar-refractivity contribution in [1.82, 2.24) is 4.90 Å². The number of aliphatic hydroxyl groups is 1. The molecule has 1 N–H and O–H groups in total. The van der Waals surface area contributed by atoms with Gasteiger partial charge in [-0.1, -0.05) is 48.5 Å². The molecular weight excluding hydrogens is 516 g/mol. The zero-order valence-corrected chi connectivity index (χ0v) is 22.6. The average molecular weight is 547 g/mol. The van der Waals surface area contributed by atoms with E-state index in [9.17, 15) is 24.8 Å². The van der Waals surface area contributed by atoms with Gasteiger partial charge in [0, 0.05) is 28.9 Å². The van der Waals surface area contributed by atoms with E-state index in [1.54, 1.807) is 24.8 Å². The van der Waals surface area contributed by atoms with Crippen LogP contribution in [0.4, 0.5) is 5.69 Å². The molecule has 0 saturated carbocycles. The Morgan fingerprint density at radius 3 is 2.17 bits per heavy atom. The Bertz CT molecular complexity index is 1480. The van der Waals surface area contributed by atoms with Crippen LogP contribution in [0.2, 0.25) is 0 Å². The van der Waals surface area contributed by atoms with Crippen LogP contribution in [0.25, 0.3) is 10.8 Å². The molecule has 0 radical (unpaired) electrons. The zero-order valence-electron chi connectivity index (χ0n) is 22.6. The van der Waals surface area contributed by atoms with E-state index < -0.39 is 28.9 Å². The highest BCUT2D eigenvalue weighted by Crippen LogP contribution is 2.43. The van der Waals surface area contributed by atoms with Gasteiger partial charge >= 0.3 is 11.9 Å². The van der Waals surface area contributed by atoms with E-state index in [0.29, 0.717) is 22.7 Å². The van der Waals surface area contributed by atoms with E-state index in [-0.39, 0.29) is 30.0 Å². The van der Waals surface area contributed by atoms with Crippen molar-refractivity contribution in [3.63, 3.8) is 0 Å². The quantitative estimate of drug-likeness (QED) is 0.235. The van der Waals surface area contributed by atoms with Crippen molar-refractivity contribution < 1.29 is 33.8 Å². The number of nitrogens with zero attached hydrogens (tertiary/aromatic N) is 2. The lowest BCUT2D eigenvalue weighted by atomic mass is 9.79. The third-order valence-electron chi connectivity index (χ3n) is 6.97. The second-order valence-corrected chi connectivity index (χ2v) is 9.32. The van der Waals surface area contributed by atoms with Crippen molar-refractivity contribution in [2.24, 2.45) is 0 Å². The van der Waals surface area contributed by atoms with Crippen molar-refractivity contribution in [3.8, 4) is 5.75 Å². The number of rotatable bonds is 9. The Labute approximate surface area is 231 Å². The summed E-state index contributed by atoms with van der Waals surface area (Å²) in [5, 5.41) is 24.4. The molecule has 0 aromatic heterocycles. The largest absolute Gasteiger partial charge is 0.490 e. The number of hydrogen-bond acceptors (Lipinski definition) is 9. The summed E-state index contributed by atoms with van der Waals surface area (Å²) in [5.74, 6) is -1.80. The highest BCUT2D eigenvalue weighted by Gasteiger charge is 2.41. The summed E-state index contributed by atoms with van der Waals surface area (Å²) in [6.07, 6.45) is -1.02. The monoisotopic (exact) mass is 546 g/mol. The molecule has 10 heteroatoms. The maximum Gasteiger partial charge on any atom is 0.336 e. The number of fused-ring (bicyclic) bond motifs is 1. The van der Waals surface area contributed by atoms with E-state index in [2.05, 4.69) is 0 Å². The van der Waals surface area contributed by atoms with Crippen LogP contribution in [-0.4, -0.2) is 60.3 Å². The number of carbonyl (C=O) groups is 2. The first kappa shape index (κ1) is 28.3. The number of methoxy groups -OCH3 is 2. The Morgan fingerprint density at radius 1 is 0.950 bits per heavy atom. The van der Waals surface area contributed by atoms with Gasteiger partial charge in [0.1, 0.15) is 18.5 Å². The van der Waals surface area contributed by atoms with Crippen LogP contribution in [0.15, 0.2) is 89.3 Å². The number of nitro groups is 1. The van der Waals surface area contributed by atoms with Gasteiger partial charge in [0.2, 0.25) is 0 Å². The molecule has 3 aromatic rings. The predicted octanol–water partition coefficient (Wildman–Crippen LogP) is 4.48. The SMILES string of the molecule is COC(=O)C1=C(C)N(CC(O)COc2cccc3ccccc23)C(C)=C(C(=O)OC)C1c1cccc([N+](=O)[O-])c1. The predicted molar refractivity (Wildman–Crippen MR) is 147 cm³/mol. The maximum atomic E-state index is 13.1. The van der Waals surface area contributed by atoms with Crippen LogP contribution in [0, 0.1) is 10.1 Å². The van der Waals surface area contributed by atoms with Crippen molar-refractivity contribution in [2.45, 2.75) is 25.9 Å². The van der Waals surface area contributed by atoms with Gasteiger partial charge in [0.25, 0.3) is 5.69 Å². The molecule has 0 spiro atoms. The molecule has 208 valence electrons. The van der Waals surface area contributed by atoms with Crippen molar-refractivity contribution >= 4 is 28.4 Å². The molecule has 1 aliphatic heterocycles. The molecule has 1 unspecified atom stereocenters. The molecule has 0 aliphatic carbocycles. The molecule has 0 saturated heterocycles. The summed E-state index contributed by atoms with van der Waals surface area (Å²) in [7, 11) is 2.43. The lowest BCUT2D eigenvalue weighted by molar-refractivity contribution is -0.384. The number of hydrogen-bond donors (Lipinski definition) is 1. The smallest absolute Gasteiger partial charge is 0.336 e. The van der Waals surface area contributed by atoms with E-state index >= 15 is 0 Å². The lowest BCUT2D eigenvalue weighted by Gasteiger charge is -2.38. The topological polar surface area (TPSA) is 128 Å². The third kappa shape index (κ3) is 5.52. The summed E-state index contributed by atoms with van der Waals surface area (Å²) in [4.78, 5) is 38.8. The van der Waals surface area contributed by atoms with Crippen LogP contribution < -0.4 is 4.74 Å². The minimum Gasteiger partial charge on any atom is -0.490 e. The third-order valence-corrected chi connectivity index (χ3v) is 6.97. The highest BCUT2D eigenvalue weighted by atomic mass is 16.6. The summed E-state index contributed by atoms with van der Waals surface area (Å²) < 4.78 is 16.1. The van der Waals surface area contributed by atoms with Crippen molar-refractivity contribution in [3.05, 3.63) is 105 Å². The van der Waals surface area contributed by atoms with Crippen LogP contribution in [0.5, 0.6) is 5.75 Å². The van der Waals surface area contributed by atoms with Gasteiger partial charge in [0.15, 0.2) is 0 Å². The number of ether oxygens (including phenoxy) is 3. The summed E-state index contributed by atoms with van der Waals surface area (Å²) in [6.45, 7) is 3.28. The van der Waals surface area contributed by atoms with Crippen molar-refractivity contribution in [2.75, 3.05) is 27.4 Å². The maximum absolute atomic E-state index is 13.1. The van der Waals surface area contributed by atoms with Gasteiger partial charge in [0.05, 0.1) is 42.8 Å². The van der Waals surface area contributed by atoms with Gasteiger partial charge in [-0.15, -0.1) is 0 Å². The van der Waals surface area contributed by atoms with Crippen LogP contribution >= 0.6 is 0 Å². The molecule has 0 amide bonds. The fraction of sp³-hybridized carbons (Fsp3) is 0.267. The van der Waals surface area contributed by atoms with Gasteiger partial charge in [-0.3, -0.25) is 10.1 Å². The van der Waals surface area contributed by atoms with Gasteiger partial charge in [-0.2, -0.15) is 0 Å². The number of carbonyl (C=O) groups excluding carboxylic acids is 2. The number of non-ortho nitro benzene ring substituents is 1. The van der Waals surface area contributed by atoms with E-state index in [1.807, 2.05) is 42.5 Å². The summed E-state index contributed by atoms with van der Waals surface area (Å²) in [5.41, 5.74) is 1.24. The Kier molecular flexibility index (Phi) is 8.49. The summed E-state index contributed by atoms with van der Waals surface area (Å²) >= 11 is 0. The minimum absolute atomic E-state index is 0.00885. The number of allylic oxidation sites excluding steroid dienone is 2. The fourth-order valence-corrected chi connectivity index (χ4v) is 5.05. The van der Waals surface area contributed by atoms with Crippen molar-refractivity contribution in [1.29, 1.82) is 0 Å². The van der Waals surface area contributed by atoms with Gasteiger partial charge in [-0.25, -0.2) is 9.59 Å². The van der Waals surface area contributed by atoms with Crippen LogP contribution in [0.3, 0.4) is 0 Å². The van der Waals surface area contributed by atoms with Crippen LogP contribution in [0.1, 0.15) is 25.3 Å². The number of esters is 2. The molecule has 10 nitrogen and oxygen atoms in total. The standard InChI is InChI=1S/C30H30N2O8/c1-18-26(29(34)38-3)28(21-11-7-12-22(15-21)32(36)37)27(30(35)39-4)19(2)31(18)16-23(33)17-40-25-14-8-10-20-9-5-6-13-24(20)25/h5-15,23,28,33H,16-17H2,1-4H3. The molecule has 40 heavy (non-hydrogen) atoms. The number of β-amino-alcohol motifs (C(OH)–C–C–N with tert-alkyl or cyclic N) is 1. The second kappa shape index (κ2) is 12.0. The average Bonchev–Trinajstić information content (AvgIpc) is 2.97. The fourth-order valence-electron chi connectivity index (χ4n) is 5.05. The second-order valence-electron chi connectivity index (χ2n) is 9.32. The molecule has 0 bridgehead atoms. The Morgan fingerprint density at radius 2 is 1.55 bits per heavy atom. The molecule has 0 fully saturated rings. The van der Waals surface area contributed by atoms with Gasteiger partial charge in [-0.05, 0) is 30.9 Å². The van der Waals surface area contributed by atoms with E-state index in [4.69, 9.17) is 14.2 Å². The zero-order chi connectivity index (χ0) is 29.0. The first-order chi connectivity index (χ1) is 19.2. The molecular formula is C30H30N2O8. The van der Waals surface area contributed by atoms with Gasteiger partial charge < -0.3 is 24.2 Å². The molecule has 4 rings (SSSR count). The first-order valence-corrected chi connectivity index (χ1v) is 12.6. The minimum atomic E-state index is -1.02. The molecule has 1 atom stereocenters. The molecule has 3 aromatic carbocycles. The highest BCUT2D eigenvalue weighted by molar-refractivity contribution is 5.99. The normalized spacial score (nSPS) is 14.8. The summed E-state index contributed by atoms with van der Waals surface area (Å²) in [6, 6.07) is 19.1. The molecule has 1 aliphatic rings.